The molecule has 0 unspecified atom stereocenters. The first kappa shape index (κ1) is 21.5. The van der Waals surface area contributed by atoms with Crippen LogP contribution in [0.2, 0.25) is 10.0 Å². The third kappa shape index (κ3) is 4.35. The fraction of sp³-hybridized carbons (Fsp3) is 0.273. The second-order valence-corrected chi connectivity index (χ2v) is 7.79. The van der Waals surface area contributed by atoms with Crippen LogP contribution in [-0.4, -0.2) is 43.8 Å². The van der Waals surface area contributed by atoms with E-state index in [1.807, 2.05) is 19.1 Å². The predicted octanol–water partition coefficient (Wildman–Crippen LogP) is 4.62. The van der Waals surface area contributed by atoms with Crippen LogP contribution in [0.4, 0.5) is 17.1 Å². The van der Waals surface area contributed by atoms with Crippen molar-refractivity contribution in [2.75, 3.05) is 43.1 Å². The molecule has 31 heavy (non-hydrogen) atoms. The average Bonchev–Trinajstić information content (AvgIpc) is 2.77. The second kappa shape index (κ2) is 9.18. The number of nitrogens with zero attached hydrogens (tertiary/aromatic N) is 2. The number of morpholine rings is 1. The minimum Gasteiger partial charge on any atom is -0.492 e. The van der Waals surface area contributed by atoms with Crippen molar-refractivity contribution in [3.8, 4) is 5.75 Å². The molecule has 1 aliphatic heterocycles. The molecule has 3 N–H and O–H groups in total. The number of rotatable bonds is 6. The van der Waals surface area contributed by atoms with Gasteiger partial charge in [-0.2, -0.15) is 0 Å². The van der Waals surface area contributed by atoms with Crippen molar-refractivity contribution in [1.82, 2.24) is 4.98 Å². The molecule has 1 aromatic heterocycles. The zero-order valence-electron chi connectivity index (χ0n) is 17.0. The molecule has 1 fully saturated rings. The summed E-state index contributed by atoms with van der Waals surface area (Å²) in [5.74, 6) is 0.125. The summed E-state index contributed by atoms with van der Waals surface area (Å²) in [5.41, 5.74) is 8.54. The topological polar surface area (TPSA) is 89.7 Å². The highest BCUT2D eigenvalue weighted by Crippen LogP contribution is 2.40. The second-order valence-electron chi connectivity index (χ2n) is 7.01. The van der Waals surface area contributed by atoms with Crippen molar-refractivity contribution in [3.63, 3.8) is 0 Å². The van der Waals surface area contributed by atoms with Gasteiger partial charge in [0.2, 0.25) is 0 Å². The van der Waals surface area contributed by atoms with Crippen molar-refractivity contribution in [3.05, 3.63) is 52.1 Å². The molecule has 7 nitrogen and oxygen atoms in total. The lowest BCUT2D eigenvalue weighted by molar-refractivity contribution is 0.100. The Bertz CT molecular complexity index is 1130. The Balaban J connectivity index is 1.92. The van der Waals surface area contributed by atoms with Gasteiger partial charge in [-0.15, -0.1) is 0 Å². The van der Waals surface area contributed by atoms with Crippen molar-refractivity contribution in [2.45, 2.75) is 6.92 Å². The fourth-order valence-corrected chi connectivity index (χ4v) is 3.94. The van der Waals surface area contributed by atoms with Crippen LogP contribution in [0.1, 0.15) is 17.3 Å². The molecule has 0 atom stereocenters. The van der Waals surface area contributed by atoms with Crippen molar-refractivity contribution < 1.29 is 14.3 Å². The SMILES string of the molecule is CCOc1cc2ncc(C(N)=O)c(Nc3cccc(Cl)c3Cl)c2cc1N1CCOCC1. The van der Waals surface area contributed by atoms with Gasteiger partial charge in [0.1, 0.15) is 5.75 Å². The van der Waals surface area contributed by atoms with E-state index in [9.17, 15) is 4.79 Å². The highest BCUT2D eigenvalue weighted by Gasteiger charge is 2.21. The minimum absolute atomic E-state index is 0.251. The lowest BCUT2D eigenvalue weighted by atomic mass is 10.1. The summed E-state index contributed by atoms with van der Waals surface area (Å²) in [6.45, 7) is 5.18. The molecule has 2 aromatic carbocycles. The number of benzene rings is 2. The number of anilines is 3. The molecule has 0 spiro atoms. The van der Waals surface area contributed by atoms with Gasteiger partial charge >= 0.3 is 0 Å². The number of halogens is 2. The lowest BCUT2D eigenvalue weighted by Crippen LogP contribution is -2.36. The molecule has 0 aliphatic carbocycles. The number of nitrogens with one attached hydrogen (secondary N) is 1. The number of carbonyl (C=O) groups excluding carboxylic acids is 1. The summed E-state index contributed by atoms with van der Waals surface area (Å²) >= 11 is 12.5. The molecule has 4 rings (SSSR count). The van der Waals surface area contributed by atoms with Gasteiger partial charge in [0.05, 0.1) is 58.0 Å². The van der Waals surface area contributed by atoms with Crippen LogP contribution in [-0.2, 0) is 4.74 Å². The van der Waals surface area contributed by atoms with E-state index < -0.39 is 5.91 Å². The number of fused-ring (bicyclic) bond motifs is 1. The summed E-state index contributed by atoms with van der Waals surface area (Å²) in [7, 11) is 0. The lowest BCUT2D eigenvalue weighted by Gasteiger charge is -2.30. The Morgan fingerprint density at radius 2 is 2.06 bits per heavy atom. The average molecular weight is 461 g/mol. The number of amides is 1. The highest BCUT2D eigenvalue weighted by atomic mass is 35.5. The van der Waals surface area contributed by atoms with Crippen molar-refractivity contribution in [2.24, 2.45) is 5.73 Å². The van der Waals surface area contributed by atoms with Crippen LogP contribution in [0.5, 0.6) is 5.75 Å². The van der Waals surface area contributed by atoms with Gasteiger partial charge in [-0.1, -0.05) is 29.3 Å². The predicted molar refractivity (Wildman–Crippen MR) is 124 cm³/mol. The third-order valence-corrected chi connectivity index (χ3v) is 5.90. The maximum atomic E-state index is 12.2. The quantitative estimate of drug-likeness (QED) is 0.557. The summed E-state index contributed by atoms with van der Waals surface area (Å²) < 4.78 is 11.4. The Labute approximate surface area is 190 Å². The summed E-state index contributed by atoms with van der Waals surface area (Å²) in [4.78, 5) is 18.8. The van der Waals surface area contributed by atoms with Crippen molar-refractivity contribution in [1.29, 1.82) is 0 Å². The Morgan fingerprint density at radius 1 is 1.29 bits per heavy atom. The van der Waals surface area contributed by atoms with Crippen LogP contribution >= 0.6 is 23.2 Å². The number of primary amides is 1. The van der Waals surface area contributed by atoms with Crippen molar-refractivity contribution >= 4 is 57.1 Å². The molecule has 162 valence electrons. The van der Waals surface area contributed by atoms with Crippen LogP contribution in [0.3, 0.4) is 0 Å². The van der Waals surface area contributed by atoms with E-state index in [2.05, 4.69) is 15.2 Å². The van der Waals surface area contributed by atoms with Gasteiger partial charge in [0, 0.05) is 30.7 Å². The first-order valence-corrected chi connectivity index (χ1v) is 10.7. The smallest absolute Gasteiger partial charge is 0.252 e. The van der Waals surface area contributed by atoms with E-state index in [1.54, 1.807) is 18.2 Å². The van der Waals surface area contributed by atoms with E-state index in [0.717, 1.165) is 29.9 Å². The fourth-order valence-electron chi connectivity index (χ4n) is 3.59. The maximum absolute atomic E-state index is 12.2. The first-order chi connectivity index (χ1) is 15.0. The monoisotopic (exact) mass is 460 g/mol. The summed E-state index contributed by atoms with van der Waals surface area (Å²) in [6, 6.07) is 9.09. The van der Waals surface area contributed by atoms with Crippen LogP contribution in [0, 0.1) is 0 Å². The number of pyridine rings is 1. The molecular weight excluding hydrogens is 439 g/mol. The first-order valence-electron chi connectivity index (χ1n) is 9.92. The van der Waals surface area contributed by atoms with Gasteiger partial charge in [-0.25, -0.2) is 0 Å². The highest BCUT2D eigenvalue weighted by molar-refractivity contribution is 6.43. The number of aromatic nitrogens is 1. The van der Waals surface area contributed by atoms with Crippen LogP contribution in [0.15, 0.2) is 36.5 Å². The number of ether oxygens (including phenoxy) is 2. The standard InChI is InChI=1S/C22H22Cl2N4O3/c1-2-31-19-11-17-13(10-18(19)28-6-8-30-9-7-28)21(14(12-26-17)22(25)29)27-16-5-3-4-15(23)20(16)24/h3-5,10-12H,2,6-9H2,1H3,(H2,25,29)(H,26,27). The van der Waals surface area contributed by atoms with E-state index in [0.29, 0.717) is 46.8 Å². The normalized spacial score (nSPS) is 14.0. The zero-order chi connectivity index (χ0) is 22.0. The Hall–Kier alpha value is -2.74. The zero-order valence-corrected chi connectivity index (χ0v) is 18.5. The van der Waals surface area contributed by atoms with E-state index in [-0.39, 0.29) is 5.56 Å². The van der Waals surface area contributed by atoms with E-state index in [4.69, 9.17) is 38.4 Å². The largest absolute Gasteiger partial charge is 0.492 e. The molecule has 2 heterocycles. The molecule has 1 saturated heterocycles. The van der Waals surface area contributed by atoms with Gasteiger partial charge in [0.15, 0.2) is 0 Å². The summed E-state index contributed by atoms with van der Waals surface area (Å²) in [6.07, 6.45) is 1.45. The number of nitrogens with two attached hydrogens (primary N) is 1. The molecular formula is C22H22Cl2N4O3. The summed E-state index contributed by atoms with van der Waals surface area (Å²) in [5, 5.41) is 4.72. The minimum atomic E-state index is -0.600. The Kier molecular flexibility index (Phi) is 6.36. The number of hydrogen-bond acceptors (Lipinski definition) is 6. The maximum Gasteiger partial charge on any atom is 0.252 e. The van der Waals surface area contributed by atoms with E-state index in [1.165, 1.54) is 6.20 Å². The van der Waals surface area contributed by atoms with Gasteiger partial charge < -0.3 is 25.4 Å². The van der Waals surface area contributed by atoms with Gasteiger partial charge in [-0.3, -0.25) is 9.78 Å². The van der Waals surface area contributed by atoms with Gasteiger partial charge in [-0.05, 0) is 25.1 Å². The molecule has 3 aromatic rings. The molecule has 0 bridgehead atoms. The Morgan fingerprint density at radius 3 is 2.77 bits per heavy atom. The molecule has 1 amide bonds. The number of carbonyl (C=O) groups is 1. The van der Waals surface area contributed by atoms with Crippen LogP contribution < -0.4 is 20.7 Å². The molecule has 9 heteroatoms. The van der Waals surface area contributed by atoms with Crippen LogP contribution in [0.25, 0.3) is 10.9 Å². The third-order valence-electron chi connectivity index (χ3n) is 5.08. The van der Waals surface area contributed by atoms with E-state index >= 15 is 0 Å². The molecule has 0 radical (unpaired) electrons. The van der Waals surface area contributed by atoms with Gasteiger partial charge in [0.25, 0.3) is 5.91 Å². The molecule has 1 aliphatic rings. The molecule has 0 saturated carbocycles. The number of hydrogen-bond donors (Lipinski definition) is 2.